The summed E-state index contributed by atoms with van der Waals surface area (Å²) in [6.45, 7) is 0.311. The molecule has 0 saturated heterocycles. The highest BCUT2D eigenvalue weighted by molar-refractivity contribution is 6.02. The zero-order valence-corrected chi connectivity index (χ0v) is 13.0. The van der Waals surface area contributed by atoms with Crippen molar-refractivity contribution in [3.05, 3.63) is 48.4 Å². The van der Waals surface area contributed by atoms with Gasteiger partial charge in [0.1, 0.15) is 12.4 Å². The van der Waals surface area contributed by atoms with Gasteiger partial charge in [0.15, 0.2) is 5.76 Å². The second kappa shape index (κ2) is 6.87. The smallest absolute Gasteiger partial charge is 0.291 e. The van der Waals surface area contributed by atoms with Gasteiger partial charge >= 0.3 is 0 Å². The van der Waals surface area contributed by atoms with Gasteiger partial charge in [-0.1, -0.05) is 19.3 Å². The number of carbonyl (C=O) groups excluding carboxylic acids is 1. The molecule has 0 unspecified atom stereocenters. The molecule has 1 amide bonds. The summed E-state index contributed by atoms with van der Waals surface area (Å²) in [6.07, 6.45) is 6.35. The van der Waals surface area contributed by atoms with Crippen molar-refractivity contribution in [2.75, 3.05) is 11.9 Å². The predicted octanol–water partition coefficient (Wildman–Crippen LogP) is 3.61. The number of ether oxygens (including phenoxy) is 1. The monoisotopic (exact) mass is 315 g/mol. The molecule has 0 aliphatic heterocycles. The quantitative estimate of drug-likeness (QED) is 0.884. The Balaban J connectivity index is 1.53. The number of hydrogen-bond acceptors (Lipinski definition) is 4. The number of furan rings is 1. The average molecular weight is 315 g/mol. The Hall–Kier alpha value is -2.27. The van der Waals surface area contributed by atoms with Crippen LogP contribution in [-0.2, 0) is 0 Å². The fraction of sp³-hybridized carbons (Fsp3) is 0.389. The van der Waals surface area contributed by atoms with Crippen molar-refractivity contribution in [3.8, 4) is 5.75 Å². The molecule has 23 heavy (non-hydrogen) atoms. The summed E-state index contributed by atoms with van der Waals surface area (Å²) >= 11 is 0. The molecule has 3 rings (SSSR count). The summed E-state index contributed by atoms with van der Waals surface area (Å²) in [7, 11) is 0. The summed E-state index contributed by atoms with van der Waals surface area (Å²) in [4.78, 5) is 11.9. The summed E-state index contributed by atoms with van der Waals surface area (Å²) < 4.78 is 10.7. The molecule has 122 valence electrons. The highest BCUT2D eigenvalue weighted by atomic mass is 16.5. The van der Waals surface area contributed by atoms with Crippen LogP contribution >= 0.6 is 0 Å². The lowest BCUT2D eigenvalue weighted by Gasteiger charge is -2.31. The SMILES string of the molecule is O=C(Nc1ccc(OCC2(O)CCCCC2)cc1)c1ccco1. The van der Waals surface area contributed by atoms with Gasteiger partial charge in [0.25, 0.3) is 5.91 Å². The van der Waals surface area contributed by atoms with Crippen molar-refractivity contribution in [2.24, 2.45) is 0 Å². The standard InChI is InChI=1S/C18H21NO4/c20-17(16-5-4-12-22-16)19-14-6-8-15(9-7-14)23-13-18(21)10-2-1-3-11-18/h4-9,12,21H,1-3,10-11,13H2,(H,19,20). The number of amides is 1. The van der Waals surface area contributed by atoms with E-state index in [1.54, 1.807) is 36.4 Å². The minimum atomic E-state index is -0.704. The highest BCUT2D eigenvalue weighted by Crippen LogP contribution is 2.29. The van der Waals surface area contributed by atoms with Crippen LogP contribution in [0.2, 0.25) is 0 Å². The van der Waals surface area contributed by atoms with Gasteiger partial charge < -0.3 is 19.6 Å². The molecule has 0 bridgehead atoms. The topological polar surface area (TPSA) is 71.7 Å². The Kier molecular flexibility index (Phi) is 4.67. The molecule has 1 aliphatic carbocycles. The second-order valence-electron chi connectivity index (χ2n) is 6.03. The Morgan fingerprint density at radius 1 is 1.17 bits per heavy atom. The fourth-order valence-corrected chi connectivity index (χ4v) is 2.81. The molecule has 5 heteroatoms. The molecule has 2 N–H and O–H groups in total. The van der Waals surface area contributed by atoms with E-state index in [0.717, 1.165) is 25.7 Å². The van der Waals surface area contributed by atoms with Crippen LogP contribution in [0.4, 0.5) is 5.69 Å². The number of hydrogen-bond donors (Lipinski definition) is 2. The van der Waals surface area contributed by atoms with Gasteiger partial charge in [-0.05, 0) is 49.2 Å². The van der Waals surface area contributed by atoms with E-state index < -0.39 is 5.60 Å². The molecule has 1 aliphatic rings. The third-order valence-electron chi connectivity index (χ3n) is 4.15. The van der Waals surface area contributed by atoms with Crippen molar-refractivity contribution in [1.82, 2.24) is 0 Å². The van der Waals surface area contributed by atoms with Crippen molar-refractivity contribution in [2.45, 2.75) is 37.7 Å². The first-order chi connectivity index (χ1) is 11.1. The molecular formula is C18H21NO4. The first kappa shape index (κ1) is 15.6. The maximum atomic E-state index is 11.9. The lowest BCUT2D eigenvalue weighted by atomic mass is 9.85. The molecule has 0 radical (unpaired) electrons. The summed E-state index contributed by atoms with van der Waals surface area (Å²) in [5.74, 6) is 0.657. The lowest BCUT2D eigenvalue weighted by Crippen LogP contribution is -2.37. The lowest BCUT2D eigenvalue weighted by molar-refractivity contribution is -0.0338. The molecule has 1 heterocycles. The van der Waals surface area contributed by atoms with Gasteiger partial charge in [-0.2, -0.15) is 0 Å². The molecule has 0 spiro atoms. The summed E-state index contributed by atoms with van der Waals surface area (Å²) in [6, 6.07) is 10.4. The highest BCUT2D eigenvalue weighted by Gasteiger charge is 2.29. The Bertz CT molecular complexity index is 628. The third kappa shape index (κ3) is 4.13. The van der Waals surface area contributed by atoms with Crippen LogP contribution in [0.25, 0.3) is 0 Å². The van der Waals surface area contributed by atoms with E-state index in [-0.39, 0.29) is 11.7 Å². The van der Waals surface area contributed by atoms with Crippen LogP contribution in [0.15, 0.2) is 47.1 Å². The van der Waals surface area contributed by atoms with Crippen LogP contribution in [-0.4, -0.2) is 23.2 Å². The number of anilines is 1. The summed E-state index contributed by atoms with van der Waals surface area (Å²) in [5, 5.41) is 13.2. The molecule has 1 saturated carbocycles. The number of benzene rings is 1. The average Bonchev–Trinajstić information content (AvgIpc) is 3.10. The summed E-state index contributed by atoms with van der Waals surface area (Å²) in [5.41, 5.74) is -0.0418. The van der Waals surface area contributed by atoms with E-state index in [1.165, 1.54) is 12.7 Å². The Morgan fingerprint density at radius 3 is 2.57 bits per heavy atom. The zero-order valence-electron chi connectivity index (χ0n) is 13.0. The molecular weight excluding hydrogens is 294 g/mol. The first-order valence-electron chi connectivity index (χ1n) is 7.95. The minimum Gasteiger partial charge on any atom is -0.491 e. The molecule has 0 atom stereocenters. The van der Waals surface area contributed by atoms with Gasteiger partial charge in [-0.25, -0.2) is 0 Å². The first-order valence-corrected chi connectivity index (χ1v) is 7.95. The van der Waals surface area contributed by atoms with Gasteiger partial charge in [0.05, 0.1) is 11.9 Å². The number of rotatable bonds is 5. The van der Waals surface area contributed by atoms with Crippen molar-refractivity contribution < 1.29 is 19.1 Å². The van der Waals surface area contributed by atoms with Crippen LogP contribution in [0.3, 0.4) is 0 Å². The zero-order chi connectivity index (χ0) is 16.1. The minimum absolute atomic E-state index is 0.268. The van der Waals surface area contributed by atoms with Gasteiger partial charge in [0.2, 0.25) is 0 Å². The van der Waals surface area contributed by atoms with Crippen LogP contribution in [0, 0.1) is 0 Å². The van der Waals surface area contributed by atoms with E-state index >= 15 is 0 Å². The largest absolute Gasteiger partial charge is 0.491 e. The van der Waals surface area contributed by atoms with E-state index in [0.29, 0.717) is 18.0 Å². The maximum absolute atomic E-state index is 11.9. The third-order valence-corrected chi connectivity index (χ3v) is 4.15. The van der Waals surface area contributed by atoms with Crippen LogP contribution in [0.1, 0.15) is 42.7 Å². The molecule has 1 aromatic heterocycles. The second-order valence-corrected chi connectivity index (χ2v) is 6.03. The molecule has 5 nitrogen and oxygen atoms in total. The number of nitrogens with one attached hydrogen (secondary N) is 1. The molecule has 2 aromatic rings. The Morgan fingerprint density at radius 2 is 1.91 bits per heavy atom. The van der Waals surface area contributed by atoms with Gasteiger partial charge in [-0.15, -0.1) is 0 Å². The number of carbonyl (C=O) groups is 1. The normalized spacial score (nSPS) is 16.7. The van der Waals surface area contributed by atoms with Crippen LogP contribution < -0.4 is 10.1 Å². The Labute approximate surface area is 135 Å². The van der Waals surface area contributed by atoms with E-state index in [9.17, 15) is 9.90 Å². The van der Waals surface area contributed by atoms with Crippen molar-refractivity contribution >= 4 is 11.6 Å². The van der Waals surface area contributed by atoms with Gasteiger partial charge in [0, 0.05) is 5.69 Å². The fourth-order valence-electron chi connectivity index (χ4n) is 2.81. The predicted molar refractivity (Wildman–Crippen MR) is 86.6 cm³/mol. The van der Waals surface area contributed by atoms with Crippen molar-refractivity contribution in [3.63, 3.8) is 0 Å². The number of aliphatic hydroxyl groups is 1. The van der Waals surface area contributed by atoms with Crippen LogP contribution in [0.5, 0.6) is 5.75 Å². The maximum Gasteiger partial charge on any atom is 0.291 e. The van der Waals surface area contributed by atoms with E-state index in [4.69, 9.17) is 9.15 Å². The van der Waals surface area contributed by atoms with E-state index in [2.05, 4.69) is 5.32 Å². The molecule has 1 fully saturated rings. The molecule has 1 aromatic carbocycles. The van der Waals surface area contributed by atoms with E-state index in [1.807, 2.05) is 0 Å². The van der Waals surface area contributed by atoms with Crippen molar-refractivity contribution in [1.29, 1.82) is 0 Å². The van der Waals surface area contributed by atoms with Gasteiger partial charge in [-0.3, -0.25) is 4.79 Å².